The maximum Gasteiger partial charge on any atom is 0.416 e. The van der Waals surface area contributed by atoms with Crippen molar-refractivity contribution in [2.45, 2.75) is 30.8 Å². The van der Waals surface area contributed by atoms with Crippen LogP contribution in [0.4, 0.5) is 22.0 Å². The van der Waals surface area contributed by atoms with Crippen LogP contribution >= 0.6 is 11.8 Å². The molecule has 0 radical (unpaired) electrons. The van der Waals surface area contributed by atoms with Crippen LogP contribution in [0, 0.1) is 0 Å². The average Bonchev–Trinajstić information content (AvgIpc) is 2.32. The van der Waals surface area contributed by atoms with Crippen LogP contribution in [-0.2, 0) is 6.18 Å². The molecular formula is C12H13F5OS. The second-order valence-corrected chi connectivity index (χ2v) is 4.85. The Hall–Kier alpha value is -0.980. The molecule has 0 aliphatic heterocycles. The van der Waals surface area contributed by atoms with Crippen LogP contribution in [0.3, 0.4) is 0 Å². The topological polar surface area (TPSA) is 9.23 Å². The largest absolute Gasteiger partial charge is 0.486 e. The second kappa shape index (κ2) is 6.98. The van der Waals surface area contributed by atoms with Gasteiger partial charge in [-0.3, -0.25) is 0 Å². The summed E-state index contributed by atoms with van der Waals surface area (Å²) in [4.78, 5) is 0.234. The smallest absolute Gasteiger partial charge is 0.416 e. The maximum atomic E-state index is 12.6. The fourth-order valence-electron chi connectivity index (χ4n) is 1.28. The summed E-state index contributed by atoms with van der Waals surface area (Å²) in [6, 6.07) is 2.85. The number of alkyl halides is 5. The van der Waals surface area contributed by atoms with Crippen molar-refractivity contribution in [2.75, 3.05) is 12.4 Å². The van der Waals surface area contributed by atoms with Gasteiger partial charge in [-0.1, -0.05) is 6.92 Å². The van der Waals surface area contributed by atoms with Gasteiger partial charge in [0.2, 0.25) is 0 Å². The fraction of sp³-hybridized carbons (Fsp3) is 0.500. The molecule has 0 saturated heterocycles. The van der Waals surface area contributed by atoms with E-state index in [4.69, 9.17) is 4.74 Å². The molecule has 0 aliphatic rings. The molecule has 0 heterocycles. The molecule has 19 heavy (non-hydrogen) atoms. The summed E-state index contributed by atoms with van der Waals surface area (Å²) in [6.07, 6.45) is -6.36. The molecule has 0 amide bonds. The fourth-order valence-corrected chi connectivity index (χ4v) is 2.18. The number of hydrogen-bond acceptors (Lipinski definition) is 2. The Morgan fingerprint density at radius 1 is 1.26 bits per heavy atom. The van der Waals surface area contributed by atoms with E-state index in [-0.39, 0.29) is 10.6 Å². The Labute approximate surface area is 112 Å². The molecule has 0 atom stereocenters. The van der Waals surface area contributed by atoms with Gasteiger partial charge >= 0.3 is 6.18 Å². The molecule has 1 aromatic rings. The van der Waals surface area contributed by atoms with Gasteiger partial charge in [0.25, 0.3) is 6.43 Å². The molecule has 1 nitrogen and oxygen atoms in total. The van der Waals surface area contributed by atoms with Gasteiger partial charge in [-0.25, -0.2) is 8.78 Å². The van der Waals surface area contributed by atoms with Crippen molar-refractivity contribution >= 4 is 11.8 Å². The van der Waals surface area contributed by atoms with Gasteiger partial charge in [-0.2, -0.15) is 13.2 Å². The highest BCUT2D eigenvalue weighted by molar-refractivity contribution is 7.99. The van der Waals surface area contributed by atoms with Crippen LogP contribution in [0.15, 0.2) is 23.1 Å². The summed E-state index contributed by atoms with van der Waals surface area (Å²) < 4.78 is 66.6. The lowest BCUT2D eigenvalue weighted by Gasteiger charge is -2.14. The van der Waals surface area contributed by atoms with E-state index in [2.05, 4.69) is 0 Å². The van der Waals surface area contributed by atoms with E-state index in [1.807, 2.05) is 6.92 Å². The lowest BCUT2D eigenvalue weighted by molar-refractivity contribution is -0.137. The van der Waals surface area contributed by atoms with Crippen molar-refractivity contribution in [1.29, 1.82) is 0 Å². The van der Waals surface area contributed by atoms with Gasteiger partial charge in [0.1, 0.15) is 12.4 Å². The third kappa shape index (κ3) is 5.26. The zero-order valence-electron chi connectivity index (χ0n) is 10.1. The van der Waals surface area contributed by atoms with Gasteiger partial charge in [0.15, 0.2) is 0 Å². The van der Waals surface area contributed by atoms with Crippen molar-refractivity contribution in [2.24, 2.45) is 0 Å². The van der Waals surface area contributed by atoms with Crippen molar-refractivity contribution in [3.63, 3.8) is 0 Å². The predicted molar refractivity (Wildman–Crippen MR) is 64.0 cm³/mol. The standard InChI is InChI=1S/C12H13F5OS/c1-2-5-19-10-6-8(12(15,16)17)3-4-9(10)18-7-11(13)14/h3-4,6,11H,2,5,7H2,1H3. The van der Waals surface area contributed by atoms with E-state index in [1.165, 1.54) is 0 Å². The number of thioether (sulfide) groups is 1. The molecule has 0 aliphatic carbocycles. The highest BCUT2D eigenvalue weighted by Crippen LogP contribution is 2.37. The van der Waals surface area contributed by atoms with E-state index in [9.17, 15) is 22.0 Å². The maximum absolute atomic E-state index is 12.6. The molecule has 0 aromatic heterocycles. The van der Waals surface area contributed by atoms with E-state index in [0.717, 1.165) is 36.4 Å². The van der Waals surface area contributed by atoms with Crippen LogP contribution in [0.1, 0.15) is 18.9 Å². The zero-order chi connectivity index (χ0) is 14.5. The van der Waals surface area contributed by atoms with E-state index < -0.39 is 24.8 Å². The first-order valence-corrected chi connectivity index (χ1v) is 6.58. The second-order valence-electron chi connectivity index (χ2n) is 3.71. The Morgan fingerprint density at radius 3 is 2.47 bits per heavy atom. The molecule has 0 unspecified atom stereocenters. The van der Waals surface area contributed by atoms with Crippen molar-refractivity contribution in [3.05, 3.63) is 23.8 Å². The highest BCUT2D eigenvalue weighted by atomic mass is 32.2. The Balaban J connectivity index is 2.95. The molecule has 7 heteroatoms. The predicted octanol–water partition coefficient (Wildman–Crippen LogP) is 4.85. The number of benzene rings is 1. The SMILES string of the molecule is CCCSc1cc(C(F)(F)F)ccc1OCC(F)F. The van der Waals surface area contributed by atoms with E-state index in [0.29, 0.717) is 5.75 Å². The minimum absolute atomic E-state index is 0.0618. The van der Waals surface area contributed by atoms with Gasteiger partial charge in [-0.05, 0) is 30.4 Å². The van der Waals surface area contributed by atoms with Crippen LogP contribution in [0.25, 0.3) is 0 Å². The summed E-state index contributed by atoms with van der Waals surface area (Å²) in [5.41, 5.74) is -0.810. The van der Waals surface area contributed by atoms with Crippen LogP contribution < -0.4 is 4.74 Å². The molecule has 1 rings (SSSR count). The number of hydrogen-bond donors (Lipinski definition) is 0. The van der Waals surface area contributed by atoms with E-state index in [1.54, 1.807) is 0 Å². The average molecular weight is 300 g/mol. The van der Waals surface area contributed by atoms with Gasteiger partial charge < -0.3 is 4.74 Å². The van der Waals surface area contributed by atoms with E-state index >= 15 is 0 Å². The third-order valence-electron chi connectivity index (χ3n) is 2.10. The summed E-state index contributed by atoms with van der Waals surface area (Å²) in [5.74, 6) is 0.651. The normalized spacial score (nSPS) is 11.9. The zero-order valence-corrected chi connectivity index (χ0v) is 11.0. The van der Waals surface area contributed by atoms with Crippen LogP contribution in [-0.4, -0.2) is 18.8 Å². The minimum atomic E-state index is -4.46. The lowest BCUT2D eigenvalue weighted by Crippen LogP contribution is -2.09. The molecular weight excluding hydrogens is 287 g/mol. The monoisotopic (exact) mass is 300 g/mol. The summed E-state index contributed by atoms with van der Waals surface area (Å²) in [5, 5.41) is 0. The molecule has 0 spiro atoms. The van der Waals surface area contributed by atoms with Gasteiger partial charge in [0.05, 0.1) is 5.56 Å². The molecule has 1 aromatic carbocycles. The number of ether oxygens (including phenoxy) is 1. The quantitative estimate of drug-likeness (QED) is 0.548. The van der Waals surface area contributed by atoms with Crippen molar-refractivity contribution < 1.29 is 26.7 Å². The molecule has 108 valence electrons. The summed E-state index contributed by atoms with van der Waals surface area (Å²) >= 11 is 1.16. The van der Waals surface area contributed by atoms with Crippen molar-refractivity contribution in [3.8, 4) is 5.75 Å². The van der Waals surface area contributed by atoms with Crippen LogP contribution in [0.5, 0.6) is 5.75 Å². The lowest BCUT2D eigenvalue weighted by atomic mass is 10.2. The number of rotatable bonds is 6. The molecule has 0 fully saturated rings. The summed E-state index contributed by atoms with van der Waals surface area (Å²) in [7, 11) is 0. The molecule has 0 bridgehead atoms. The van der Waals surface area contributed by atoms with Crippen molar-refractivity contribution in [1.82, 2.24) is 0 Å². The Morgan fingerprint density at radius 2 is 1.95 bits per heavy atom. The minimum Gasteiger partial charge on any atom is -0.486 e. The first kappa shape index (κ1) is 16.1. The van der Waals surface area contributed by atoms with Gasteiger partial charge in [0, 0.05) is 4.90 Å². The Bertz CT molecular complexity index is 406. The first-order chi connectivity index (χ1) is 8.84. The Kier molecular flexibility index (Phi) is 5.90. The highest BCUT2D eigenvalue weighted by Gasteiger charge is 2.31. The number of halogens is 5. The summed E-state index contributed by atoms with van der Waals surface area (Å²) in [6.45, 7) is 1.05. The molecule has 0 saturated carbocycles. The molecule has 0 N–H and O–H groups in total. The first-order valence-electron chi connectivity index (χ1n) is 5.59. The third-order valence-corrected chi connectivity index (χ3v) is 3.34. The van der Waals surface area contributed by atoms with Gasteiger partial charge in [-0.15, -0.1) is 11.8 Å². The van der Waals surface area contributed by atoms with Crippen LogP contribution in [0.2, 0.25) is 0 Å².